The van der Waals surface area contributed by atoms with Crippen LogP contribution in [0.1, 0.15) is 5.56 Å². The zero-order valence-corrected chi connectivity index (χ0v) is 9.94. The van der Waals surface area contributed by atoms with Gasteiger partial charge in [-0.15, -0.1) is 11.6 Å². The maximum Gasteiger partial charge on any atom is 0.293 e. The summed E-state index contributed by atoms with van der Waals surface area (Å²) in [6.07, 6.45) is 0. The Kier molecular flexibility index (Phi) is 4.35. The summed E-state index contributed by atoms with van der Waals surface area (Å²) < 4.78 is 0. The summed E-state index contributed by atoms with van der Waals surface area (Å²) in [5, 5.41) is 19.7. The van der Waals surface area contributed by atoms with Crippen molar-refractivity contribution in [2.24, 2.45) is 0 Å². The molecule has 0 atom stereocenters. The molecule has 7 heteroatoms. The molecule has 0 heterocycles. The van der Waals surface area contributed by atoms with Crippen LogP contribution in [0.15, 0.2) is 12.1 Å². The predicted molar refractivity (Wildman–Crippen MR) is 67.2 cm³/mol. The lowest BCUT2D eigenvalue weighted by atomic mass is 9.90. The van der Waals surface area contributed by atoms with Crippen LogP contribution in [0.4, 0.5) is 11.4 Å². The fourth-order valence-electron chi connectivity index (χ4n) is 1.39. The molecule has 0 unspecified atom stereocenters. The van der Waals surface area contributed by atoms with Crippen LogP contribution >= 0.6 is 11.6 Å². The van der Waals surface area contributed by atoms with E-state index in [1.807, 2.05) is 6.07 Å². The monoisotopic (exact) mass is 249 g/mol. The second kappa shape index (κ2) is 5.55. The van der Waals surface area contributed by atoms with Crippen molar-refractivity contribution >= 4 is 36.3 Å². The predicted octanol–water partition coefficient (Wildman–Crippen LogP) is 0.935. The summed E-state index contributed by atoms with van der Waals surface area (Å²) in [5.74, 6) is 0.341. The number of nitrogens with zero attached hydrogens (tertiary/aromatic N) is 3. The highest BCUT2D eigenvalue weighted by molar-refractivity contribution is 6.34. The number of nitriles is 1. The number of halogens is 1. The number of hydrogen-bond donors (Lipinski definition) is 0. The lowest BCUT2D eigenvalue weighted by Gasteiger charge is -2.18. The van der Waals surface area contributed by atoms with Crippen molar-refractivity contribution in [1.29, 1.82) is 5.26 Å². The number of anilines is 1. The molecule has 5 nitrogen and oxygen atoms in total. The number of nitro groups is 1. The van der Waals surface area contributed by atoms with Gasteiger partial charge in [0.1, 0.15) is 13.5 Å². The summed E-state index contributed by atoms with van der Waals surface area (Å²) in [6.45, 7) is 0.452. The summed E-state index contributed by atoms with van der Waals surface area (Å²) in [4.78, 5) is 12.0. The van der Waals surface area contributed by atoms with E-state index in [-0.39, 0.29) is 16.7 Å². The Hall–Kier alpha value is -1.74. The van der Waals surface area contributed by atoms with Gasteiger partial charge in [-0.25, -0.2) is 0 Å². The number of rotatable bonds is 4. The van der Waals surface area contributed by atoms with Gasteiger partial charge >= 0.3 is 0 Å². The van der Waals surface area contributed by atoms with Gasteiger partial charge in [0.15, 0.2) is 0 Å². The Balaban J connectivity index is 3.33. The van der Waals surface area contributed by atoms with Crippen LogP contribution in [0.3, 0.4) is 0 Å². The first-order valence-corrected chi connectivity index (χ1v) is 5.29. The van der Waals surface area contributed by atoms with E-state index in [9.17, 15) is 10.1 Å². The Morgan fingerprint density at radius 3 is 2.76 bits per heavy atom. The third kappa shape index (κ3) is 2.89. The van der Waals surface area contributed by atoms with Crippen molar-refractivity contribution in [2.45, 2.75) is 0 Å². The van der Waals surface area contributed by atoms with Crippen LogP contribution < -0.4 is 10.4 Å². The number of hydrogen-bond acceptors (Lipinski definition) is 4. The van der Waals surface area contributed by atoms with Crippen LogP contribution in [0, 0.1) is 21.4 Å². The molecule has 0 bridgehead atoms. The highest BCUT2D eigenvalue weighted by Crippen LogP contribution is 2.27. The first-order chi connectivity index (χ1) is 8.01. The van der Waals surface area contributed by atoms with Gasteiger partial charge in [0.25, 0.3) is 5.69 Å². The van der Waals surface area contributed by atoms with Gasteiger partial charge in [-0.3, -0.25) is 10.1 Å². The molecule has 0 aliphatic carbocycles. The van der Waals surface area contributed by atoms with E-state index in [2.05, 4.69) is 0 Å². The zero-order chi connectivity index (χ0) is 13.0. The van der Waals surface area contributed by atoms with Gasteiger partial charge in [-0.05, 0) is 6.07 Å². The molecule has 1 aromatic carbocycles. The first kappa shape index (κ1) is 13.3. The van der Waals surface area contributed by atoms with E-state index < -0.39 is 4.92 Å². The smallest absolute Gasteiger partial charge is 0.293 e. The quantitative estimate of drug-likeness (QED) is 0.344. The molecule has 0 amide bonds. The van der Waals surface area contributed by atoms with E-state index in [1.165, 1.54) is 12.1 Å². The second-order valence-corrected chi connectivity index (χ2v) is 3.79. The highest BCUT2D eigenvalue weighted by Gasteiger charge is 2.19. The maximum absolute atomic E-state index is 10.9. The summed E-state index contributed by atoms with van der Waals surface area (Å²) >= 11 is 5.58. The van der Waals surface area contributed by atoms with Crippen LogP contribution in [-0.2, 0) is 0 Å². The lowest BCUT2D eigenvalue weighted by Crippen LogP contribution is -2.23. The molecule has 0 aliphatic heterocycles. The summed E-state index contributed by atoms with van der Waals surface area (Å²) in [6, 6.07) is 4.41. The molecule has 2 radical (unpaired) electrons. The van der Waals surface area contributed by atoms with Crippen molar-refractivity contribution in [1.82, 2.24) is 0 Å². The highest BCUT2D eigenvalue weighted by atomic mass is 35.5. The molecule has 0 aliphatic rings. The fraction of sp³-hybridized carbons (Fsp3) is 0.300. The molecule has 0 aromatic heterocycles. The molecule has 1 rings (SSSR count). The SMILES string of the molecule is [B]c1cc(N(C)CCCl)c([N+](=O)[O-])cc1C#N. The molecule has 0 saturated carbocycles. The molecule has 0 N–H and O–H groups in total. The van der Waals surface area contributed by atoms with E-state index in [1.54, 1.807) is 11.9 Å². The minimum Gasteiger partial charge on any atom is -0.368 e. The van der Waals surface area contributed by atoms with E-state index in [0.717, 1.165) is 0 Å². The lowest BCUT2D eigenvalue weighted by molar-refractivity contribution is -0.384. The van der Waals surface area contributed by atoms with Crippen LogP contribution in [0.5, 0.6) is 0 Å². The van der Waals surface area contributed by atoms with E-state index in [0.29, 0.717) is 18.1 Å². The van der Waals surface area contributed by atoms with Gasteiger partial charge in [0.05, 0.1) is 16.6 Å². The molecule has 1 aromatic rings. The summed E-state index contributed by atoms with van der Waals surface area (Å²) in [7, 11) is 7.31. The standard InChI is InChI=1S/C10H9BClN3O2/c1-14(3-2-12)9-5-8(11)7(6-13)4-10(9)15(16)17/h4-5H,2-3H2,1H3. The number of nitro benzene ring substituents is 1. The molecular formula is C10H9BClN3O2. The van der Waals surface area contributed by atoms with E-state index in [4.69, 9.17) is 24.7 Å². The Morgan fingerprint density at radius 1 is 1.65 bits per heavy atom. The fourth-order valence-corrected chi connectivity index (χ4v) is 1.64. The zero-order valence-electron chi connectivity index (χ0n) is 9.18. The van der Waals surface area contributed by atoms with Gasteiger partial charge in [-0.1, -0.05) is 5.46 Å². The number of alkyl halides is 1. The van der Waals surface area contributed by atoms with Crippen LogP contribution in [0.2, 0.25) is 0 Å². The molecule has 17 heavy (non-hydrogen) atoms. The third-order valence-electron chi connectivity index (χ3n) is 2.30. The Morgan fingerprint density at radius 2 is 2.29 bits per heavy atom. The van der Waals surface area contributed by atoms with Crippen LogP contribution in [0.25, 0.3) is 0 Å². The molecular weight excluding hydrogens is 240 g/mol. The average Bonchev–Trinajstić information content (AvgIpc) is 2.28. The van der Waals surface area contributed by atoms with Crippen molar-refractivity contribution < 1.29 is 4.92 Å². The van der Waals surface area contributed by atoms with Gasteiger partial charge in [0.2, 0.25) is 0 Å². The largest absolute Gasteiger partial charge is 0.368 e. The molecule has 86 valence electrons. The van der Waals surface area contributed by atoms with Gasteiger partial charge in [0, 0.05) is 25.5 Å². The van der Waals surface area contributed by atoms with Crippen molar-refractivity contribution in [3.8, 4) is 6.07 Å². The Bertz CT molecular complexity index is 487. The summed E-state index contributed by atoms with van der Waals surface area (Å²) in [5.41, 5.74) is 0.518. The minimum absolute atomic E-state index is 0.0970. The molecule has 0 saturated heterocycles. The molecule has 0 fully saturated rings. The number of benzene rings is 1. The maximum atomic E-state index is 10.9. The van der Waals surface area contributed by atoms with Crippen molar-refractivity contribution in [3.63, 3.8) is 0 Å². The normalized spacial score (nSPS) is 9.71. The average molecular weight is 249 g/mol. The van der Waals surface area contributed by atoms with Crippen molar-refractivity contribution in [2.75, 3.05) is 24.4 Å². The van der Waals surface area contributed by atoms with Gasteiger partial charge in [-0.2, -0.15) is 5.26 Å². The third-order valence-corrected chi connectivity index (χ3v) is 2.46. The van der Waals surface area contributed by atoms with E-state index >= 15 is 0 Å². The van der Waals surface area contributed by atoms with Gasteiger partial charge < -0.3 is 4.90 Å². The molecule has 0 spiro atoms. The Labute approximate surface area is 105 Å². The van der Waals surface area contributed by atoms with Crippen molar-refractivity contribution in [3.05, 3.63) is 27.8 Å². The topological polar surface area (TPSA) is 70.2 Å². The second-order valence-electron chi connectivity index (χ2n) is 3.41. The first-order valence-electron chi connectivity index (χ1n) is 4.76. The van der Waals surface area contributed by atoms with Crippen LogP contribution in [-0.4, -0.2) is 32.2 Å². The minimum atomic E-state index is -0.541.